The Labute approximate surface area is 184 Å². The summed E-state index contributed by atoms with van der Waals surface area (Å²) in [7, 11) is 0. The molecule has 0 aliphatic carbocycles. The summed E-state index contributed by atoms with van der Waals surface area (Å²) in [6.07, 6.45) is -0.570. The molecule has 0 radical (unpaired) electrons. The molecule has 3 atom stereocenters. The topological polar surface area (TPSA) is 214 Å². The second-order valence-corrected chi connectivity index (χ2v) is 7.49. The SMILES string of the molecule is CC(C)C(NC(=O)C(Cc1ccc(O)cc1)NC(=O)CN)C(=O)NC(CC(N)=O)C(=O)O. The fourth-order valence-electron chi connectivity index (χ4n) is 2.78. The number of primary amides is 1. The number of carbonyl (C=O) groups is 5. The van der Waals surface area contributed by atoms with Gasteiger partial charge in [0.25, 0.3) is 0 Å². The Kier molecular flexibility index (Phi) is 10.1. The lowest BCUT2D eigenvalue weighted by molar-refractivity contribution is -0.144. The van der Waals surface area contributed by atoms with E-state index in [1.807, 2.05) is 0 Å². The molecule has 0 aliphatic rings. The molecule has 1 rings (SSSR count). The van der Waals surface area contributed by atoms with E-state index in [1.165, 1.54) is 12.1 Å². The van der Waals surface area contributed by atoms with Crippen molar-refractivity contribution < 1.29 is 34.2 Å². The zero-order valence-electron chi connectivity index (χ0n) is 17.8. The Morgan fingerprint density at radius 1 is 0.938 bits per heavy atom. The Morgan fingerprint density at radius 3 is 2.00 bits per heavy atom. The summed E-state index contributed by atoms with van der Waals surface area (Å²) in [6.45, 7) is 2.89. The fraction of sp³-hybridized carbons (Fsp3) is 0.450. The van der Waals surface area contributed by atoms with Crippen LogP contribution < -0.4 is 27.4 Å². The van der Waals surface area contributed by atoms with Crippen molar-refractivity contribution in [3.05, 3.63) is 29.8 Å². The van der Waals surface area contributed by atoms with Gasteiger partial charge in [-0.25, -0.2) is 4.79 Å². The number of phenolic OH excluding ortho intramolecular Hbond substituents is 1. The standard InChI is InChI=1S/C20H29N5O7/c1-10(2)17(19(30)24-14(20(31)32)8-15(22)27)25-18(29)13(23-16(28)9-21)7-11-3-5-12(26)6-4-11/h3-6,10,13-14,17,26H,7-9,21H2,1-2H3,(H2,22,27)(H,23,28)(H,24,30)(H,25,29)(H,31,32). The molecule has 0 bridgehead atoms. The van der Waals surface area contributed by atoms with Gasteiger partial charge >= 0.3 is 5.97 Å². The molecule has 176 valence electrons. The summed E-state index contributed by atoms with van der Waals surface area (Å²) in [5.74, 6) is -4.91. The lowest BCUT2D eigenvalue weighted by Crippen LogP contribution is -2.58. The minimum atomic E-state index is -1.55. The van der Waals surface area contributed by atoms with Crippen LogP contribution in [0.15, 0.2) is 24.3 Å². The van der Waals surface area contributed by atoms with Crippen molar-refractivity contribution in [3.63, 3.8) is 0 Å². The largest absolute Gasteiger partial charge is 0.508 e. The van der Waals surface area contributed by atoms with Gasteiger partial charge in [-0.15, -0.1) is 0 Å². The Morgan fingerprint density at radius 2 is 1.53 bits per heavy atom. The molecule has 0 aromatic heterocycles. The lowest BCUT2D eigenvalue weighted by atomic mass is 10.00. The van der Waals surface area contributed by atoms with E-state index in [-0.39, 0.29) is 18.7 Å². The molecule has 0 heterocycles. The van der Waals surface area contributed by atoms with E-state index >= 15 is 0 Å². The average molecular weight is 451 g/mol. The molecule has 0 aliphatic heterocycles. The van der Waals surface area contributed by atoms with Crippen LogP contribution in [-0.2, 0) is 30.4 Å². The predicted molar refractivity (Wildman–Crippen MR) is 113 cm³/mol. The molecule has 12 heteroatoms. The summed E-state index contributed by atoms with van der Waals surface area (Å²) in [4.78, 5) is 59.7. The first-order chi connectivity index (χ1) is 14.9. The van der Waals surface area contributed by atoms with Crippen molar-refractivity contribution >= 4 is 29.6 Å². The van der Waals surface area contributed by atoms with Crippen LogP contribution in [0.25, 0.3) is 0 Å². The van der Waals surface area contributed by atoms with Gasteiger partial charge in [0.05, 0.1) is 13.0 Å². The molecule has 12 nitrogen and oxygen atoms in total. The molecular weight excluding hydrogens is 422 g/mol. The third-order valence-corrected chi connectivity index (χ3v) is 4.48. The van der Waals surface area contributed by atoms with Crippen LogP contribution in [0.1, 0.15) is 25.8 Å². The molecule has 1 aromatic rings. The molecule has 9 N–H and O–H groups in total. The highest BCUT2D eigenvalue weighted by Crippen LogP contribution is 2.12. The zero-order chi connectivity index (χ0) is 24.4. The number of nitrogens with one attached hydrogen (secondary N) is 3. The maximum absolute atomic E-state index is 12.9. The number of hydrogen-bond acceptors (Lipinski definition) is 7. The normalized spacial score (nSPS) is 13.5. The van der Waals surface area contributed by atoms with Gasteiger partial charge in [-0.2, -0.15) is 0 Å². The molecule has 0 saturated heterocycles. The van der Waals surface area contributed by atoms with E-state index in [0.29, 0.717) is 5.56 Å². The maximum atomic E-state index is 12.9. The number of amides is 4. The first-order valence-corrected chi connectivity index (χ1v) is 9.83. The summed E-state index contributed by atoms with van der Waals surface area (Å²) in [5.41, 5.74) is 11.0. The van der Waals surface area contributed by atoms with Crippen molar-refractivity contribution in [2.45, 2.75) is 44.8 Å². The number of carboxylic acid groups (broad SMARTS) is 1. The Bertz CT molecular complexity index is 841. The Hall–Kier alpha value is -3.67. The summed E-state index contributed by atoms with van der Waals surface area (Å²) >= 11 is 0. The Balaban J connectivity index is 3.01. The van der Waals surface area contributed by atoms with Gasteiger partial charge in [-0.1, -0.05) is 26.0 Å². The number of rotatable bonds is 12. The van der Waals surface area contributed by atoms with Gasteiger partial charge in [0, 0.05) is 6.42 Å². The monoisotopic (exact) mass is 451 g/mol. The number of carbonyl (C=O) groups excluding carboxylic acids is 4. The van der Waals surface area contributed by atoms with Crippen molar-refractivity contribution in [3.8, 4) is 5.75 Å². The highest BCUT2D eigenvalue weighted by atomic mass is 16.4. The van der Waals surface area contributed by atoms with Crippen molar-refractivity contribution in [1.29, 1.82) is 0 Å². The highest BCUT2D eigenvalue weighted by molar-refractivity contribution is 5.94. The molecule has 4 amide bonds. The molecule has 0 spiro atoms. The summed E-state index contributed by atoms with van der Waals surface area (Å²) in [5, 5.41) is 25.8. The van der Waals surface area contributed by atoms with Gasteiger partial charge in [-0.05, 0) is 23.6 Å². The van der Waals surface area contributed by atoms with Gasteiger partial charge in [0.1, 0.15) is 23.9 Å². The van der Waals surface area contributed by atoms with Crippen LogP contribution >= 0.6 is 0 Å². The maximum Gasteiger partial charge on any atom is 0.326 e. The van der Waals surface area contributed by atoms with Crippen LogP contribution in [0, 0.1) is 5.92 Å². The zero-order valence-corrected chi connectivity index (χ0v) is 17.8. The second-order valence-electron chi connectivity index (χ2n) is 7.49. The van der Waals surface area contributed by atoms with Gasteiger partial charge in [0.15, 0.2) is 0 Å². The molecule has 0 saturated carbocycles. The van der Waals surface area contributed by atoms with E-state index in [2.05, 4.69) is 16.0 Å². The minimum Gasteiger partial charge on any atom is -0.508 e. The summed E-state index contributed by atoms with van der Waals surface area (Å²) in [6, 6.07) is 2.17. The number of aromatic hydroxyl groups is 1. The average Bonchev–Trinajstić information content (AvgIpc) is 2.71. The van der Waals surface area contributed by atoms with Crippen LogP contribution in [0.2, 0.25) is 0 Å². The highest BCUT2D eigenvalue weighted by Gasteiger charge is 2.31. The summed E-state index contributed by atoms with van der Waals surface area (Å²) < 4.78 is 0. The number of carboxylic acids is 1. The lowest BCUT2D eigenvalue weighted by Gasteiger charge is -2.26. The quantitative estimate of drug-likeness (QED) is 0.187. The van der Waals surface area contributed by atoms with Crippen molar-refractivity contribution in [1.82, 2.24) is 16.0 Å². The minimum absolute atomic E-state index is 0.0289. The van der Waals surface area contributed by atoms with Gasteiger partial charge < -0.3 is 37.6 Å². The van der Waals surface area contributed by atoms with Crippen LogP contribution in [-0.4, -0.2) is 64.5 Å². The number of benzene rings is 1. The third kappa shape index (κ3) is 8.60. The number of phenols is 1. The smallest absolute Gasteiger partial charge is 0.326 e. The predicted octanol–water partition coefficient (Wildman–Crippen LogP) is -2.04. The van der Waals surface area contributed by atoms with Crippen LogP contribution in [0.5, 0.6) is 5.75 Å². The number of aliphatic carboxylic acids is 1. The number of nitrogens with two attached hydrogens (primary N) is 2. The number of hydrogen-bond donors (Lipinski definition) is 7. The molecule has 0 fully saturated rings. The van der Waals surface area contributed by atoms with Gasteiger partial charge in [-0.3, -0.25) is 19.2 Å². The molecule has 3 unspecified atom stereocenters. The molecule has 32 heavy (non-hydrogen) atoms. The van der Waals surface area contributed by atoms with Gasteiger partial charge in [0.2, 0.25) is 23.6 Å². The molecule has 1 aromatic carbocycles. The van der Waals surface area contributed by atoms with E-state index in [0.717, 1.165) is 0 Å². The van der Waals surface area contributed by atoms with E-state index < -0.39 is 60.1 Å². The molecular formula is C20H29N5O7. The van der Waals surface area contributed by atoms with Crippen molar-refractivity contribution in [2.75, 3.05) is 6.54 Å². The third-order valence-electron chi connectivity index (χ3n) is 4.48. The van der Waals surface area contributed by atoms with E-state index in [1.54, 1.807) is 26.0 Å². The second kappa shape index (κ2) is 12.2. The van der Waals surface area contributed by atoms with Crippen LogP contribution in [0.3, 0.4) is 0 Å². The van der Waals surface area contributed by atoms with Crippen LogP contribution in [0.4, 0.5) is 0 Å². The first kappa shape index (κ1) is 26.4. The van der Waals surface area contributed by atoms with Crippen molar-refractivity contribution in [2.24, 2.45) is 17.4 Å². The van der Waals surface area contributed by atoms with E-state index in [9.17, 15) is 34.2 Å². The fourth-order valence-corrected chi connectivity index (χ4v) is 2.78. The first-order valence-electron chi connectivity index (χ1n) is 9.83. The van der Waals surface area contributed by atoms with E-state index in [4.69, 9.17) is 11.5 Å².